The number of carboxylic acid groups (broad SMARTS) is 1. The lowest BCUT2D eigenvalue weighted by molar-refractivity contribution is -0.138. The monoisotopic (exact) mass is 482 g/mol. The van der Waals surface area contributed by atoms with Crippen molar-refractivity contribution in [1.29, 1.82) is 0 Å². The minimum atomic E-state index is -1.09. The Morgan fingerprint density at radius 3 is 2.21 bits per heavy atom. The highest BCUT2D eigenvalue weighted by atomic mass is 35.5. The third-order valence-corrected chi connectivity index (χ3v) is 6.21. The van der Waals surface area contributed by atoms with Crippen LogP contribution in [0, 0.1) is 26.6 Å². The molecule has 0 radical (unpaired) electrons. The Bertz CT molecular complexity index is 1240. The number of hydrogen-bond acceptors (Lipinski definition) is 3. The van der Waals surface area contributed by atoms with E-state index in [0.29, 0.717) is 16.1 Å². The number of aliphatic carboxylic acids is 1. The van der Waals surface area contributed by atoms with Crippen molar-refractivity contribution in [2.75, 3.05) is 5.32 Å². The molecule has 3 N–H and O–H groups in total. The molecule has 3 aromatic rings. The van der Waals surface area contributed by atoms with Gasteiger partial charge in [0.05, 0.1) is 6.04 Å². The Labute approximate surface area is 204 Å². The second-order valence-electron chi connectivity index (χ2n) is 8.59. The van der Waals surface area contributed by atoms with E-state index in [-0.39, 0.29) is 11.9 Å². The normalized spacial score (nSPS) is 12.7. The standard InChI is InChI=1S/C27H28ClFN2O3/c1-14-11-22(24(29)13-23(14)28)17(4)30-21-8-6-7-19(12-21)20-9-15(2)25(16(3)10-20)26(32)31-18(5)27(33)34/h6-13,17-18,30H,1-5H3,(H,31,32)(H,33,34)/t17?,18-/m0/s1. The number of nitrogens with one attached hydrogen (secondary N) is 2. The van der Waals surface area contributed by atoms with Crippen molar-refractivity contribution in [2.24, 2.45) is 0 Å². The number of halogens is 2. The molecule has 0 saturated carbocycles. The number of aryl methyl sites for hydroxylation is 3. The summed E-state index contributed by atoms with van der Waals surface area (Å²) < 4.78 is 14.5. The molecule has 0 aliphatic carbocycles. The quantitative estimate of drug-likeness (QED) is 0.361. The third-order valence-electron chi connectivity index (χ3n) is 5.80. The topological polar surface area (TPSA) is 78.4 Å². The lowest BCUT2D eigenvalue weighted by atomic mass is 9.94. The van der Waals surface area contributed by atoms with Gasteiger partial charge in [0, 0.05) is 21.8 Å². The first-order valence-corrected chi connectivity index (χ1v) is 11.3. The molecule has 2 atom stereocenters. The van der Waals surface area contributed by atoms with Crippen LogP contribution in [-0.4, -0.2) is 23.0 Å². The fourth-order valence-electron chi connectivity index (χ4n) is 3.95. The molecule has 0 heterocycles. The fourth-order valence-corrected chi connectivity index (χ4v) is 4.10. The number of amides is 1. The van der Waals surface area contributed by atoms with Gasteiger partial charge < -0.3 is 15.7 Å². The van der Waals surface area contributed by atoms with E-state index < -0.39 is 17.9 Å². The Hall–Kier alpha value is -3.38. The first kappa shape index (κ1) is 25.2. The molecular formula is C27H28ClFN2O3. The lowest BCUT2D eigenvalue weighted by Crippen LogP contribution is -2.38. The maximum absolute atomic E-state index is 14.5. The molecule has 0 spiro atoms. The van der Waals surface area contributed by atoms with Crippen LogP contribution < -0.4 is 10.6 Å². The maximum Gasteiger partial charge on any atom is 0.325 e. The van der Waals surface area contributed by atoms with Gasteiger partial charge in [-0.25, -0.2) is 4.39 Å². The molecule has 3 rings (SSSR count). The number of hydrogen-bond donors (Lipinski definition) is 3. The van der Waals surface area contributed by atoms with E-state index >= 15 is 0 Å². The molecule has 5 nitrogen and oxygen atoms in total. The summed E-state index contributed by atoms with van der Waals surface area (Å²) in [5.74, 6) is -1.86. The fraction of sp³-hybridized carbons (Fsp3) is 0.259. The zero-order valence-electron chi connectivity index (χ0n) is 19.8. The Kier molecular flexibility index (Phi) is 7.62. The smallest absolute Gasteiger partial charge is 0.325 e. The van der Waals surface area contributed by atoms with Crippen LogP contribution in [0.5, 0.6) is 0 Å². The first-order chi connectivity index (χ1) is 16.0. The first-order valence-electron chi connectivity index (χ1n) is 10.9. The van der Waals surface area contributed by atoms with Crippen LogP contribution in [0.4, 0.5) is 10.1 Å². The zero-order valence-corrected chi connectivity index (χ0v) is 20.5. The average Bonchev–Trinajstić information content (AvgIpc) is 2.75. The second kappa shape index (κ2) is 10.3. The lowest BCUT2D eigenvalue weighted by Gasteiger charge is -2.19. The van der Waals surface area contributed by atoms with Crippen molar-refractivity contribution >= 4 is 29.2 Å². The molecule has 0 aliphatic heterocycles. The van der Waals surface area contributed by atoms with Gasteiger partial charge in [-0.05, 0) is 86.7 Å². The van der Waals surface area contributed by atoms with Crippen molar-refractivity contribution in [1.82, 2.24) is 5.32 Å². The highest BCUT2D eigenvalue weighted by Gasteiger charge is 2.19. The largest absolute Gasteiger partial charge is 0.480 e. The van der Waals surface area contributed by atoms with Crippen LogP contribution in [0.2, 0.25) is 5.02 Å². The van der Waals surface area contributed by atoms with Crippen LogP contribution in [0.15, 0.2) is 48.5 Å². The van der Waals surface area contributed by atoms with Crippen molar-refractivity contribution in [3.63, 3.8) is 0 Å². The highest BCUT2D eigenvalue weighted by molar-refractivity contribution is 6.31. The Balaban J connectivity index is 1.86. The summed E-state index contributed by atoms with van der Waals surface area (Å²) in [6, 6.07) is 13.4. The van der Waals surface area contributed by atoms with E-state index in [1.807, 2.05) is 64.1 Å². The molecule has 3 aromatic carbocycles. The van der Waals surface area contributed by atoms with E-state index in [9.17, 15) is 14.0 Å². The van der Waals surface area contributed by atoms with E-state index in [0.717, 1.165) is 33.5 Å². The third kappa shape index (κ3) is 5.57. The number of anilines is 1. The van der Waals surface area contributed by atoms with Crippen LogP contribution in [0.3, 0.4) is 0 Å². The molecule has 0 aromatic heterocycles. The van der Waals surface area contributed by atoms with Crippen molar-refractivity contribution < 1.29 is 19.1 Å². The number of rotatable bonds is 7. The van der Waals surface area contributed by atoms with Crippen molar-refractivity contribution in [3.8, 4) is 11.1 Å². The summed E-state index contributed by atoms with van der Waals surface area (Å²) in [5, 5.41) is 15.3. The predicted octanol–water partition coefficient (Wildman–Crippen LogP) is 6.45. The van der Waals surface area contributed by atoms with E-state index in [1.54, 1.807) is 6.07 Å². The second-order valence-corrected chi connectivity index (χ2v) is 9.00. The van der Waals surface area contributed by atoms with Crippen LogP contribution in [0.1, 0.15) is 52.5 Å². The maximum atomic E-state index is 14.5. The van der Waals surface area contributed by atoms with E-state index in [4.69, 9.17) is 16.7 Å². The van der Waals surface area contributed by atoms with Gasteiger partial charge in [-0.1, -0.05) is 35.9 Å². The van der Waals surface area contributed by atoms with Crippen LogP contribution in [-0.2, 0) is 4.79 Å². The van der Waals surface area contributed by atoms with Crippen LogP contribution in [0.25, 0.3) is 11.1 Å². The zero-order chi connectivity index (χ0) is 25.2. The summed E-state index contributed by atoms with van der Waals surface area (Å²) in [6.07, 6.45) is 0. The number of carbonyl (C=O) groups excluding carboxylic acids is 1. The van der Waals surface area contributed by atoms with Gasteiger partial charge in [-0.2, -0.15) is 0 Å². The number of carbonyl (C=O) groups is 2. The molecule has 7 heteroatoms. The molecule has 0 fully saturated rings. The van der Waals surface area contributed by atoms with Crippen molar-refractivity contribution in [2.45, 2.75) is 46.7 Å². The molecular weight excluding hydrogens is 455 g/mol. The summed E-state index contributed by atoms with van der Waals surface area (Å²) in [4.78, 5) is 23.7. The van der Waals surface area contributed by atoms with Crippen molar-refractivity contribution in [3.05, 3.63) is 87.2 Å². The summed E-state index contributed by atoms with van der Waals surface area (Å²) in [5.41, 5.74) is 5.98. The predicted molar refractivity (Wildman–Crippen MR) is 134 cm³/mol. The summed E-state index contributed by atoms with van der Waals surface area (Å²) >= 11 is 6.02. The molecule has 1 unspecified atom stereocenters. The van der Waals surface area contributed by atoms with E-state index in [2.05, 4.69) is 10.6 Å². The molecule has 178 valence electrons. The van der Waals surface area contributed by atoms with Gasteiger partial charge in [0.25, 0.3) is 5.91 Å². The SMILES string of the molecule is Cc1cc(C(C)Nc2cccc(-c3cc(C)c(C(=O)N[C@@H](C)C(=O)O)c(C)c3)c2)c(F)cc1Cl. The van der Waals surface area contributed by atoms with Crippen LogP contribution >= 0.6 is 11.6 Å². The van der Waals surface area contributed by atoms with Gasteiger partial charge >= 0.3 is 5.97 Å². The van der Waals surface area contributed by atoms with Gasteiger partial charge in [0.15, 0.2) is 0 Å². The Morgan fingerprint density at radius 2 is 1.59 bits per heavy atom. The van der Waals surface area contributed by atoms with Gasteiger partial charge in [-0.15, -0.1) is 0 Å². The minimum Gasteiger partial charge on any atom is -0.480 e. The summed E-state index contributed by atoms with van der Waals surface area (Å²) in [6.45, 7) is 8.81. The Morgan fingerprint density at radius 1 is 0.941 bits per heavy atom. The van der Waals surface area contributed by atoms with Gasteiger partial charge in [0.1, 0.15) is 11.9 Å². The van der Waals surface area contributed by atoms with Gasteiger partial charge in [-0.3, -0.25) is 9.59 Å². The minimum absolute atomic E-state index is 0.281. The van der Waals surface area contributed by atoms with Gasteiger partial charge in [0.2, 0.25) is 0 Å². The molecule has 34 heavy (non-hydrogen) atoms. The molecule has 1 amide bonds. The highest BCUT2D eigenvalue weighted by Crippen LogP contribution is 2.30. The molecule has 0 saturated heterocycles. The van der Waals surface area contributed by atoms with E-state index in [1.165, 1.54) is 13.0 Å². The number of benzene rings is 3. The molecule has 0 aliphatic rings. The number of carboxylic acids is 1. The summed E-state index contributed by atoms with van der Waals surface area (Å²) in [7, 11) is 0. The molecule has 0 bridgehead atoms. The average molecular weight is 483 g/mol.